The van der Waals surface area contributed by atoms with Gasteiger partial charge in [0.15, 0.2) is 16.9 Å². The van der Waals surface area contributed by atoms with Gasteiger partial charge in [0.1, 0.15) is 6.61 Å². The molecule has 246 valence electrons. The molecule has 0 radical (unpaired) electrons. The van der Waals surface area contributed by atoms with Crippen LogP contribution in [0.3, 0.4) is 0 Å². The number of hydrogen-bond acceptors (Lipinski definition) is 10. The van der Waals surface area contributed by atoms with Gasteiger partial charge in [-0.2, -0.15) is 13.2 Å². The number of rotatable bonds is 11. The average Bonchev–Trinajstić information content (AvgIpc) is 3.35. The second-order valence-corrected chi connectivity index (χ2v) is 13.7. The van der Waals surface area contributed by atoms with Gasteiger partial charge in [-0.05, 0) is 46.5 Å². The van der Waals surface area contributed by atoms with E-state index in [1.165, 1.54) is 42.5 Å². The number of nitro benzene ring substituents is 1. The number of carbonyl (C=O) groups excluding carboxylic acids is 3. The molecule has 18 heteroatoms. The van der Waals surface area contributed by atoms with E-state index in [9.17, 15) is 46.1 Å². The van der Waals surface area contributed by atoms with Crippen molar-refractivity contribution in [3.05, 3.63) is 73.6 Å². The summed E-state index contributed by atoms with van der Waals surface area (Å²) < 4.78 is 79.4. The van der Waals surface area contributed by atoms with Crippen molar-refractivity contribution in [2.24, 2.45) is 0 Å². The van der Waals surface area contributed by atoms with E-state index in [1.54, 1.807) is 6.07 Å². The number of anilines is 1. The van der Waals surface area contributed by atoms with Crippen LogP contribution in [0.2, 0.25) is 0 Å². The van der Waals surface area contributed by atoms with Gasteiger partial charge in [0.25, 0.3) is 5.69 Å². The van der Waals surface area contributed by atoms with Crippen molar-refractivity contribution < 1.29 is 50.4 Å². The van der Waals surface area contributed by atoms with Crippen molar-refractivity contribution in [1.82, 2.24) is 4.31 Å². The quantitative estimate of drug-likeness (QED) is 0.110. The number of thiophene rings is 1. The molecule has 46 heavy (non-hydrogen) atoms. The Morgan fingerprint density at radius 3 is 2.46 bits per heavy atom. The third-order valence-electron chi connectivity index (χ3n) is 7.03. The molecule has 0 N–H and O–H groups in total. The van der Waals surface area contributed by atoms with Crippen LogP contribution in [-0.4, -0.2) is 74.8 Å². The first-order valence-electron chi connectivity index (χ1n) is 13.4. The maximum absolute atomic E-state index is 13.9. The highest BCUT2D eigenvalue weighted by atomic mass is 79.9. The van der Waals surface area contributed by atoms with Crippen molar-refractivity contribution in [3.8, 4) is 16.2 Å². The topological polar surface area (TPSA) is 153 Å². The molecule has 0 bridgehead atoms. The van der Waals surface area contributed by atoms with Crippen LogP contribution in [0.4, 0.5) is 24.5 Å². The Morgan fingerprint density at radius 1 is 1.17 bits per heavy atom. The lowest BCUT2D eigenvalue weighted by molar-refractivity contribution is -0.385. The summed E-state index contributed by atoms with van der Waals surface area (Å²) in [6.45, 7) is -0.847. The summed E-state index contributed by atoms with van der Waals surface area (Å²) in [6.07, 6.45) is -5.10. The minimum absolute atomic E-state index is 0.00185. The fourth-order valence-electron chi connectivity index (χ4n) is 4.96. The highest BCUT2D eigenvalue weighted by Gasteiger charge is 2.46. The molecule has 1 amide bonds. The molecule has 2 aromatic carbocycles. The number of para-hydroxylation sites is 1. The molecule has 1 aliphatic heterocycles. The SMILES string of the molecule is COC(=O)c1sc(-c2cccc(N(C(=O)C(F)(F)F)C3CCN(S(=O)(=O)Cc4ccccc4[N+](=O)[O-])CC3)c2)c(Br)c1OCC=O. The van der Waals surface area contributed by atoms with Gasteiger partial charge in [-0.25, -0.2) is 17.5 Å². The molecule has 1 aliphatic rings. The van der Waals surface area contributed by atoms with Crippen molar-refractivity contribution >= 4 is 66.8 Å². The Balaban J connectivity index is 1.64. The molecule has 0 unspecified atom stereocenters. The highest BCUT2D eigenvalue weighted by molar-refractivity contribution is 9.10. The number of carbonyl (C=O) groups is 3. The molecule has 1 aromatic heterocycles. The molecule has 0 atom stereocenters. The first-order chi connectivity index (χ1) is 21.7. The standard InChI is InChI=1S/C28H25BrF3N3O9S2/c1-43-26(37)25-23(44-14-13-36)22(29)24(45-25)17-6-4-7-20(15-17)34(27(38)28(30,31)32)19-9-11-33(12-10-19)46(41,42)16-18-5-2-3-8-21(18)35(39)40/h2-8,13,15,19H,9-12,14,16H2,1H3. The Bertz CT molecular complexity index is 1760. The Morgan fingerprint density at radius 2 is 1.85 bits per heavy atom. The zero-order valence-electron chi connectivity index (χ0n) is 23.9. The Labute approximate surface area is 273 Å². The number of aldehydes is 1. The number of methoxy groups -OCH3 is 1. The second-order valence-electron chi connectivity index (χ2n) is 9.87. The van der Waals surface area contributed by atoms with Gasteiger partial charge < -0.3 is 14.4 Å². The molecule has 0 spiro atoms. The summed E-state index contributed by atoms with van der Waals surface area (Å²) in [5.41, 5.74) is -0.224. The fraction of sp³-hybridized carbons (Fsp3) is 0.321. The number of hydrogen-bond donors (Lipinski definition) is 0. The van der Waals surface area contributed by atoms with E-state index in [0.29, 0.717) is 21.6 Å². The lowest BCUT2D eigenvalue weighted by atomic mass is 10.0. The van der Waals surface area contributed by atoms with E-state index in [2.05, 4.69) is 15.9 Å². The Kier molecular flexibility index (Phi) is 10.9. The summed E-state index contributed by atoms with van der Waals surface area (Å²) in [6, 6.07) is 9.89. The van der Waals surface area contributed by atoms with Crippen molar-refractivity contribution in [1.29, 1.82) is 0 Å². The van der Waals surface area contributed by atoms with Crippen LogP contribution in [0.1, 0.15) is 28.1 Å². The van der Waals surface area contributed by atoms with Gasteiger partial charge >= 0.3 is 18.1 Å². The normalized spacial score (nSPS) is 14.5. The number of halogens is 4. The van der Waals surface area contributed by atoms with E-state index in [-0.39, 0.29) is 64.6 Å². The first-order valence-corrected chi connectivity index (χ1v) is 16.6. The predicted octanol–water partition coefficient (Wildman–Crippen LogP) is 5.34. The number of nitro groups is 1. The molecule has 4 rings (SSSR count). The van der Waals surface area contributed by atoms with Crippen LogP contribution < -0.4 is 9.64 Å². The molecule has 0 aliphatic carbocycles. The first kappa shape index (κ1) is 35.0. The van der Waals surface area contributed by atoms with E-state index in [0.717, 1.165) is 22.8 Å². The average molecular weight is 749 g/mol. The summed E-state index contributed by atoms with van der Waals surface area (Å²) in [5, 5.41) is 11.3. The third kappa shape index (κ3) is 7.56. The van der Waals surface area contributed by atoms with Crippen LogP contribution in [0.25, 0.3) is 10.4 Å². The van der Waals surface area contributed by atoms with Crippen LogP contribution in [0.5, 0.6) is 5.75 Å². The number of benzene rings is 2. The van der Waals surface area contributed by atoms with Gasteiger partial charge in [0, 0.05) is 36.4 Å². The highest BCUT2D eigenvalue weighted by Crippen LogP contribution is 2.47. The minimum atomic E-state index is -5.26. The summed E-state index contributed by atoms with van der Waals surface area (Å²) in [4.78, 5) is 47.6. The second kappa shape index (κ2) is 14.3. The third-order valence-corrected chi connectivity index (χ3v) is 11.1. The molecule has 12 nitrogen and oxygen atoms in total. The van der Waals surface area contributed by atoms with Crippen molar-refractivity contribution in [2.45, 2.75) is 30.8 Å². The smallest absolute Gasteiger partial charge is 0.471 e. The van der Waals surface area contributed by atoms with E-state index in [4.69, 9.17) is 9.47 Å². The number of amides is 1. The number of nitrogens with zero attached hydrogens (tertiary/aromatic N) is 3. The zero-order valence-corrected chi connectivity index (χ0v) is 27.1. The summed E-state index contributed by atoms with van der Waals surface area (Å²) in [5.74, 6) is -3.60. The predicted molar refractivity (Wildman–Crippen MR) is 164 cm³/mol. The summed E-state index contributed by atoms with van der Waals surface area (Å²) in [7, 11) is -2.95. The van der Waals surface area contributed by atoms with E-state index >= 15 is 0 Å². The van der Waals surface area contributed by atoms with Crippen molar-refractivity contribution in [3.63, 3.8) is 0 Å². The van der Waals surface area contributed by atoms with E-state index < -0.39 is 44.8 Å². The number of ether oxygens (including phenoxy) is 2. The van der Waals surface area contributed by atoms with Crippen LogP contribution in [-0.2, 0) is 30.1 Å². The lowest BCUT2D eigenvalue weighted by Crippen LogP contribution is -2.52. The lowest BCUT2D eigenvalue weighted by Gasteiger charge is -2.38. The number of esters is 1. The number of sulfonamides is 1. The summed E-state index contributed by atoms with van der Waals surface area (Å²) >= 11 is 4.22. The largest absolute Gasteiger partial charge is 0.483 e. The van der Waals surface area contributed by atoms with Gasteiger partial charge in [0.05, 0.1) is 27.1 Å². The molecule has 0 saturated carbocycles. The molecule has 1 saturated heterocycles. The van der Waals surface area contributed by atoms with E-state index in [1.807, 2.05) is 0 Å². The van der Waals surface area contributed by atoms with Crippen LogP contribution in [0, 0.1) is 10.1 Å². The van der Waals surface area contributed by atoms with Gasteiger partial charge in [-0.15, -0.1) is 11.3 Å². The maximum atomic E-state index is 13.9. The monoisotopic (exact) mass is 747 g/mol. The molecular formula is C28H25BrF3N3O9S2. The maximum Gasteiger partial charge on any atom is 0.471 e. The van der Waals surface area contributed by atoms with Crippen molar-refractivity contribution in [2.75, 3.05) is 31.7 Å². The van der Waals surface area contributed by atoms with Crippen LogP contribution >= 0.6 is 27.3 Å². The minimum Gasteiger partial charge on any atom is -0.483 e. The Hall–Kier alpha value is -3.87. The van der Waals surface area contributed by atoms with Gasteiger partial charge in [-0.1, -0.05) is 30.3 Å². The fourth-order valence-corrected chi connectivity index (χ4v) is 8.51. The number of piperidine rings is 1. The molecule has 1 fully saturated rings. The molecule has 3 aromatic rings. The van der Waals surface area contributed by atoms with Gasteiger partial charge in [-0.3, -0.25) is 19.7 Å². The molecule has 2 heterocycles. The van der Waals surface area contributed by atoms with Crippen LogP contribution in [0.15, 0.2) is 53.0 Å². The number of alkyl halides is 3. The zero-order chi connectivity index (χ0) is 33.8. The molecular weight excluding hydrogens is 723 g/mol. The van der Waals surface area contributed by atoms with Gasteiger partial charge in [0.2, 0.25) is 10.0 Å².